The molecule has 2 aromatic rings. The van der Waals surface area contributed by atoms with Crippen molar-refractivity contribution in [3.63, 3.8) is 0 Å². The average Bonchev–Trinajstić information content (AvgIpc) is 3.02. The molecule has 0 N–H and O–H groups in total. The minimum absolute atomic E-state index is 0.0434. The molecule has 1 aliphatic heterocycles. The summed E-state index contributed by atoms with van der Waals surface area (Å²) in [6.07, 6.45) is 0.581. The molecule has 0 radical (unpaired) electrons. The van der Waals surface area contributed by atoms with Gasteiger partial charge in [-0.05, 0) is 37.6 Å². The number of halogens is 1. The van der Waals surface area contributed by atoms with Crippen molar-refractivity contribution in [2.45, 2.75) is 25.2 Å². The second-order valence-electron chi connectivity index (χ2n) is 6.06. The maximum atomic E-state index is 13.0. The van der Waals surface area contributed by atoms with Crippen LogP contribution in [0.1, 0.15) is 28.7 Å². The van der Waals surface area contributed by atoms with Gasteiger partial charge in [-0.1, -0.05) is 12.1 Å². The van der Waals surface area contributed by atoms with E-state index in [0.717, 1.165) is 12.1 Å². The fourth-order valence-electron chi connectivity index (χ4n) is 2.98. The Kier molecular flexibility index (Phi) is 5.10. The van der Waals surface area contributed by atoms with Crippen molar-refractivity contribution >= 4 is 15.9 Å². The smallest absolute Gasteiger partial charge is 0.259 e. The molecule has 0 saturated carbocycles. The van der Waals surface area contributed by atoms with E-state index in [1.807, 2.05) is 6.92 Å². The number of aryl methyl sites for hydroxylation is 2. The van der Waals surface area contributed by atoms with Gasteiger partial charge < -0.3 is 9.42 Å². The van der Waals surface area contributed by atoms with Crippen molar-refractivity contribution in [2.24, 2.45) is 0 Å². The molecule has 1 aromatic carbocycles. The lowest BCUT2D eigenvalue weighted by atomic mass is 10.1. The molecular formula is C17H20FN3O4S. The summed E-state index contributed by atoms with van der Waals surface area (Å²) in [4.78, 5) is 14.4. The van der Waals surface area contributed by atoms with Crippen LogP contribution in [0.25, 0.3) is 0 Å². The summed E-state index contributed by atoms with van der Waals surface area (Å²) in [6, 6.07) is 4.73. The fourth-order valence-corrected chi connectivity index (χ4v) is 4.40. The van der Waals surface area contributed by atoms with E-state index in [0.29, 0.717) is 23.4 Å². The number of nitrogens with zero attached hydrogens (tertiary/aromatic N) is 3. The van der Waals surface area contributed by atoms with Crippen LogP contribution in [0.3, 0.4) is 0 Å². The minimum Gasteiger partial charge on any atom is -0.361 e. The van der Waals surface area contributed by atoms with Crippen LogP contribution in [-0.4, -0.2) is 54.9 Å². The zero-order valence-corrected chi connectivity index (χ0v) is 15.4. The largest absolute Gasteiger partial charge is 0.361 e. The van der Waals surface area contributed by atoms with Gasteiger partial charge in [-0.2, -0.15) is 4.31 Å². The maximum absolute atomic E-state index is 13.0. The zero-order valence-electron chi connectivity index (χ0n) is 14.6. The summed E-state index contributed by atoms with van der Waals surface area (Å²) < 4.78 is 44.7. The Morgan fingerprint density at radius 2 is 1.81 bits per heavy atom. The molecule has 0 unspecified atom stereocenters. The summed E-state index contributed by atoms with van der Waals surface area (Å²) in [6.45, 7) is 4.48. The number of carbonyl (C=O) groups excluding carboxylic acids is 1. The monoisotopic (exact) mass is 381 g/mol. The number of hydrogen-bond acceptors (Lipinski definition) is 5. The van der Waals surface area contributed by atoms with Crippen molar-refractivity contribution in [1.82, 2.24) is 14.4 Å². The molecule has 1 fully saturated rings. The van der Waals surface area contributed by atoms with Crippen LogP contribution in [-0.2, 0) is 16.4 Å². The van der Waals surface area contributed by atoms with Gasteiger partial charge in [-0.15, -0.1) is 0 Å². The molecule has 140 valence electrons. The van der Waals surface area contributed by atoms with Gasteiger partial charge in [0.15, 0.2) is 0 Å². The van der Waals surface area contributed by atoms with Gasteiger partial charge >= 0.3 is 0 Å². The molecule has 0 bridgehead atoms. The highest BCUT2D eigenvalue weighted by molar-refractivity contribution is 7.89. The third-order valence-corrected chi connectivity index (χ3v) is 6.37. The molecule has 9 heteroatoms. The molecular weight excluding hydrogens is 361 g/mol. The average molecular weight is 381 g/mol. The molecule has 7 nitrogen and oxygen atoms in total. The first-order valence-corrected chi connectivity index (χ1v) is 9.78. The van der Waals surface area contributed by atoms with E-state index in [9.17, 15) is 17.6 Å². The van der Waals surface area contributed by atoms with Crippen molar-refractivity contribution in [1.29, 1.82) is 0 Å². The van der Waals surface area contributed by atoms with Gasteiger partial charge in [-0.3, -0.25) is 4.79 Å². The Bertz CT molecular complexity index is 901. The van der Waals surface area contributed by atoms with Crippen molar-refractivity contribution in [3.05, 3.63) is 47.1 Å². The van der Waals surface area contributed by atoms with Crippen LogP contribution in [0, 0.1) is 12.7 Å². The number of amides is 1. The number of rotatable bonds is 4. The predicted octanol–water partition coefficient (Wildman–Crippen LogP) is 1.83. The van der Waals surface area contributed by atoms with E-state index in [1.54, 1.807) is 11.8 Å². The third kappa shape index (κ3) is 3.36. The SMILES string of the molecule is CCc1noc(C)c1C(=O)N1CCN(S(=O)(=O)c2ccc(F)cc2)CC1. The summed E-state index contributed by atoms with van der Waals surface area (Å²) in [5, 5.41) is 3.89. The third-order valence-electron chi connectivity index (χ3n) is 4.46. The lowest BCUT2D eigenvalue weighted by Crippen LogP contribution is -2.50. The predicted molar refractivity (Wildman–Crippen MR) is 91.7 cm³/mol. The summed E-state index contributed by atoms with van der Waals surface area (Å²) >= 11 is 0. The fraction of sp³-hybridized carbons (Fsp3) is 0.412. The van der Waals surface area contributed by atoms with Crippen LogP contribution in [0.2, 0.25) is 0 Å². The highest BCUT2D eigenvalue weighted by atomic mass is 32.2. The van der Waals surface area contributed by atoms with Crippen LogP contribution >= 0.6 is 0 Å². The number of aromatic nitrogens is 1. The topological polar surface area (TPSA) is 83.7 Å². The first-order valence-electron chi connectivity index (χ1n) is 8.34. The molecule has 1 aromatic heterocycles. The van der Waals surface area contributed by atoms with Crippen LogP contribution < -0.4 is 0 Å². The number of carbonyl (C=O) groups is 1. The second-order valence-corrected chi connectivity index (χ2v) is 8.00. The molecule has 1 amide bonds. The normalized spacial score (nSPS) is 16.0. The Hall–Kier alpha value is -2.26. The summed E-state index contributed by atoms with van der Waals surface area (Å²) in [7, 11) is -3.70. The Morgan fingerprint density at radius 1 is 1.19 bits per heavy atom. The lowest BCUT2D eigenvalue weighted by molar-refractivity contribution is 0.0695. The van der Waals surface area contributed by atoms with Crippen LogP contribution in [0.15, 0.2) is 33.7 Å². The summed E-state index contributed by atoms with van der Waals surface area (Å²) in [5.41, 5.74) is 1.07. The number of piperazine rings is 1. The molecule has 1 aliphatic rings. The van der Waals surface area contributed by atoms with E-state index in [-0.39, 0.29) is 37.0 Å². The molecule has 1 saturated heterocycles. The second kappa shape index (κ2) is 7.16. The van der Waals surface area contributed by atoms with E-state index in [4.69, 9.17) is 4.52 Å². The number of sulfonamides is 1. The van der Waals surface area contributed by atoms with Crippen molar-refractivity contribution in [2.75, 3.05) is 26.2 Å². The molecule has 26 heavy (non-hydrogen) atoms. The number of benzene rings is 1. The van der Waals surface area contributed by atoms with Crippen LogP contribution in [0.5, 0.6) is 0 Å². The van der Waals surface area contributed by atoms with E-state index >= 15 is 0 Å². The van der Waals surface area contributed by atoms with Crippen LogP contribution in [0.4, 0.5) is 4.39 Å². The Balaban J connectivity index is 1.72. The van der Waals surface area contributed by atoms with Gasteiger partial charge in [0.1, 0.15) is 17.1 Å². The van der Waals surface area contributed by atoms with Gasteiger partial charge in [-0.25, -0.2) is 12.8 Å². The lowest BCUT2D eigenvalue weighted by Gasteiger charge is -2.34. The molecule has 0 aliphatic carbocycles. The van der Waals surface area contributed by atoms with E-state index < -0.39 is 15.8 Å². The minimum atomic E-state index is -3.70. The van der Waals surface area contributed by atoms with E-state index in [2.05, 4.69) is 5.16 Å². The van der Waals surface area contributed by atoms with Gasteiger partial charge in [0.05, 0.1) is 10.6 Å². The van der Waals surface area contributed by atoms with Gasteiger partial charge in [0, 0.05) is 26.2 Å². The first-order chi connectivity index (χ1) is 12.3. The Morgan fingerprint density at radius 3 is 2.38 bits per heavy atom. The van der Waals surface area contributed by atoms with Crippen molar-refractivity contribution in [3.8, 4) is 0 Å². The summed E-state index contributed by atoms with van der Waals surface area (Å²) in [5.74, 6) is -0.220. The first kappa shape index (κ1) is 18.5. The quantitative estimate of drug-likeness (QED) is 0.807. The highest BCUT2D eigenvalue weighted by Crippen LogP contribution is 2.21. The highest BCUT2D eigenvalue weighted by Gasteiger charge is 2.32. The molecule has 0 atom stereocenters. The standard InChI is InChI=1S/C17H20FN3O4S/c1-3-15-16(12(2)25-19-15)17(22)20-8-10-21(11-9-20)26(23,24)14-6-4-13(18)5-7-14/h4-7H,3,8-11H2,1-2H3. The zero-order chi connectivity index (χ0) is 18.9. The molecule has 3 rings (SSSR count). The Labute approximate surface area is 151 Å². The maximum Gasteiger partial charge on any atom is 0.259 e. The van der Waals surface area contributed by atoms with Crippen molar-refractivity contribution < 1.29 is 22.1 Å². The van der Waals surface area contributed by atoms with E-state index in [1.165, 1.54) is 16.4 Å². The number of hydrogen-bond donors (Lipinski definition) is 0. The van der Waals surface area contributed by atoms with Gasteiger partial charge in [0.2, 0.25) is 10.0 Å². The molecule has 2 heterocycles. The van der Waals surface area contributed by atoms with Gasteiger partial charge in [0.25, 0.3) is 5.91 Å². The molecule has 0 spiro atoms.